The van der Waals surface area contributed by atoms with Gasteiger partial charge in [0.25, 0.3) is 5.69 Å². The third-order valence-corrected chi connectivity index (χ3v) is 8.83. The van der Waals surface area contributed by atoms with Gasteiger partial charge in [0, 0.05) is 64.4 Å². The molecule has 0 bridgehead atoms. The van der Waals surface area contributed by atoms with E-state index in [1.807, 2.05) is 28.8 Å². The average molecular weight is 674 g/mol. The number of anilines is 4. The molecular formula is C32H35ClF3N7O4. The number of carbonyl (C=O) groups excluding carboxylic acids is 2. The van der Waals surface area contributed by atoms with E-state index in [-0.39, 0.29) is 36.7 Å². The van der Waals surface area contributed by atoms with Gasteiger partial charge in [0.15, 0.2) is 0 Å². The van der Waals surface area contributed by atoms with Crippen molar-refractivity contribution in [1.29, 1.82) is 0 Å². The summed E-state index contributed by atoms with van der Waals surface area (Å²) < 4.78 is 41.2. The highest BCUT2D eigenvalue weighted by Gasteiger charge is 2.49. The molecule has 2 aliphatic heterocycles. The van der Waals surface area contributed by atoms with Gasteiger partial charge in [0.1, 0.15) is 17.5 Å². The molecule has 0 spiro atoms. The van der Waals surface area contributed by atoms with Crippen molar-refractivity contribution in [2.45, 2.75) is 32.1 Å². The minimum Gasteiger partial charge on any atom is -0.368 e. The van der Waals surface area contributed by atoms with Crippen LogP contribution in [-0.4, -0.2) is 80.5 Å². The highest BCUT2D eigenvalue weighted by Crippen LogP contribution is 2.44. The summed E-state index contributed by atoms with van der Waals surface area (Å²) in [6.45, 7) is 2.96. The summed E-state index contributed by atoms with van der Waals surface area (Å²) in [6, 6.07) is 10.5. The largest absolute Gasteiger partial charge is 0.416 e. The van der Waals surface area contributed by atoms with Crippen LogP contribution in [0.4, 0.5) is 41.7 Å². The molecule has 47 heavy (non-hydrogen) atoms. The monoisotopic (exact) mass is 673 g/mol. The Bertz CT molecular complexity index is 1720. The fraction of sp³-hybridized carbons (Fsp3) is 0.406. The van der Waals surface area contributed by atoms with Crippen LogP contribution >= 0.6 is 11.6 Å². The minimum absolute atomic E-state index is 0.0487. The molecule has 250 valence electrons. The lowest BCUT2D eigenvalue weighted by molar-refractivity contribution is -0.384. The number of aromatic nitrogens is 1. The van der Waals surface area contributed by atoms with Crippen LogP contribution in [0.2, 0.25) is 5.02 Å². The first-order chi connectivity index (χ1) is 22.1. The number of fused-ring (bicyclic) bond motifs is 2. The summed E-state index contributed by atoms with van der Waals surface area (Å²) in [5.41, 5.74) is 1.16. The van der Waals surface area contributed by atoms with Crippen LogP contribution < -0.4 is 19.6 Å². The molecule has 2 aromatic carbocycles. The Balaban J connectivity index is 1.58. The number of likely N-dealkylation sites (N-methyl/N-ethyl adjacent to an activating group) is 3. The number of para-hydroxylation sites is 1. The zero-order valence-electron chi connectivity index (χ0n) is 26.6. The van der Waals surface area contributed by atoms with Crippen molar-refractivity contribution >= 4 is 52.0 Å². The van der Waals surface area contributed by atoms with Crippen molar-refractivity contribution in [2.75, 3.05) is 67.4 Å². The summed E-state index contributed by atoms with van der Waals surface area (Å²) in [5, 5.41) is 12.3. The molecule has 0 N–H and O–H groups in total. The van der Waals surface area contributed by atoms with E-state index in [9.17, 15) is 32.9 Å². The van der Waals surface area contributed by atoms with E-state index in [0.717, 1.165) is 22.6 Å². The Morgan fingerprint density at radius 2 is 1.81 bits per heavy atom. The highest BCUT2D eigenvalue weighted by atomic mass is 35.5. The number of hydrogen-bond acceptors (Lipinski definition) is 8. The third kappa shape index (κ3) is 6.84. The zero-order chi connectivity index (χ0) is 34.4. The fourth-order valence-corrected chi connectivity index (χ4v) is 6.52. The fourth-order valence-electron chi connectivity index (χ4n) is 6.23. The second-order valence-electron chi connectivity index (χ2n) is 12.2. The van der Waals surface area contributed by atoms with E-state index in [1.165, 1.54) is 24.9 Å². The van der Waals surface area contributed by atoms with E-state index < -0.39 is 40.4 Å². The van der Waals surface area contributed by atoms with Crippen LogP contribution in [0.3, 0.4) is 0 Å². The van der Waals surface area contributed by atoms with Crippen molar-refractivity contribution in [3.05, 3.63) is 80.5 Å². The Labute approximate surface area is 275 Å². The molecule has 3 aromatic rings. The molecule has 2 amide bonds. The van der Waals surface area contributed by atoms with Crippen molar-refractivity contribution in [1.82, 2.24) is 9.88 Å². The normalized spacial score (nSPS) is 18.3. The quantitative estimate of drug-likeness (QED) is 0.232. The lowest BCUT2D eigenvalue weighted by Crippen LogP contribution is -2.52. The van der Waals surface area contributed by atoms with Crippen LogP contribution in [0.1, 0.15) is 23.2 Å². The molecule has 3 heterocycles. The van der Waals surface area contributed by atoms with Crippen molar-refractivity contribution < 1.29 is 27.7 Å². The summed E-state index contributed by atoms with van der Waals surface area (Å²) >= 11 is 6.76. The standard InChI is InChI=1S/C32H35ClF3N7O4/c1-19-13-22(32(34,35)36)16-27(37-19)42-28(44)15-21-18-41(30-23(33)7-6-8-25(30)40(5)31(45)29(21)42)17-20-9-10-24(43(46)47)26(14-20)39(4)12-11-38(2)3/h6-10,13-14,16,21,29H,11-12,15,17-18H2,1-5H3/t21-,29+/m1/s1. The number of nitro benzene ring substituents is 1. The lowest BCUT2D eigenvalue weighted by Gasteiger charge is -2.39. The van der Waals surface area contributed by atoms with Gasteiger partial charge in [0.2, 0.25) is 11.8 Å². The number of carbonyl (C=O) groups is 2. The number of hydrogen-bond donors (Lipinski definition) is 0. The summed E-state index contributed by atoms with van der Waals surface area (Å²) in [6.07, 6.45) is -4.79. The van der Waals surface area contributed by atoms with E-state index >= 15 is 0 Å². The number of nitro groups is 1. The van der Waals surface area contributed by atoms with Crippen molar-refractivity contribution in [2.24, 2.45) is 5.92 Å². The smallest absolute Gasteiger partial charge is 0.368 e. The number of pyridine rings is 1. The van der Waals surface area contributed by atoms with Gasteiger partial charge in [-0.05, 0) is 56.9 Å². The third-order valence-electron chi connectivity index (χ3n) is 8.53. The van der Waals surface area contributed by atoms with E-state index in [0.29, 0.717) is 35.2 Å². The number of aryl methyl sites for hydroxylation is 1. The molecule has 11 nitrogen and oxygen atoms in total. The van der Waals surface area contributed by atoms with Gasteiger partial charge in [-0.1, -0.05) is 23.7 Å². The number of rotatable bonds is 8. The molecule has 1 fully saturated rings. The molecule has 2 atom stereocenters. The molecule has 1 aromatic heterocycles. The van der Waals surface area contributed by atoms with Gasteiger partial charge >= 0.3 is 6.18 Å². The molecular weight excluding hydrogens is 639 g/mol. The lowest BCUT2D eigenvalue weighted by atomic mass is 9.95. The summed E-state index contributed by atoms with van der Waals surface area (Å²) in [5.74, 6) is -1.89. The summed E-state index contributed by atoms with van der Waals surface area (Å²) in [4.78, 5) is 51.5. The van der Waals surface area contributed by atoms with E-state index in [4.69, 9.17) is 11.6 Å². The molecule has 0 unspecified atom stereocenters. The minimum atomic E-state index is -4.68. The predicted octanol–water partition coefficient (Wildman–Crippen LogP) is 5.37. The van der Waals surface area contributed by atoms with Crippen molar-refractivity contribution in [3.63, 3.8) is 0 Å². The number of amides is 2. The first kappa shape index (κ1) is 33.9. The highest BCUT2D eigenvalue weighted by molar-refractivity contribution is 6.34. The first-order valence-electron chi connectivity index (χ1n) is 14.9. The number of alkyl halides is 3. The Hall–Kier alpha value is -4.43. The number of benzene rings is 2. The molecule has 0 radical (unpaired) electrons. The molecule has 1 saturated heterocycles. The second kappa shape index (κ2) is 13.0. The SMILES string of the molecule is Cc1cc(C(F)(F)F)cc(N2C(=O)C[C@@H]3CN(Cc4ccc([N+](=O)[O-])c(N(C)CCN(C)C)c4)c4c(Cl)cccc4N(C)C(=O)[C@H]32)n1. The van der Waals surface area contributed by atoms with Crippen LogP contribution in [0.25, 0.3) is 0 Å². The Morgan fingerprint density at radius 3 is 2.47 bits per heavy atom. The van der Waals surface area contributed by atoms with Gasteiger partial charge < -0.3 is 19.6 Å². The van der Waals surface area contributed by atoms with E-state index in [1.54, 1.807) is 37.4 Å². The topological polar surface area (TPSA) is 106 Å². The van der Waals surface area contributed by atoms with Crippen LogP contribution in [-0.2, 0) is 22.3 Å². The molecule has 5 rings (SSSR count). The second-order valence-corrected chi connectivity index (χ2v) is 12.6. The van der Waals surface area contributed by atoms with Crippen LogP contribution in [0.5, 0.6) is 0 Å². The van der Waals surface area contributed by atoms with Gasteiger partial charge in [0.05, 0.1) is 26.9 Å². The van der Waals surface area contributed by atoms with E-state index in [2.05, 4.69) is 4.98 Å². The average Bonchev–Trinajstić information content (AvgIpc) is 3.32. The molecule has 15 heteroatoms. The Morgan fingerprint density at radius 1 is 1.09 bits per heavy atom. The number of nitrogens with zero attached hydrogens (tertiary/aromatic N) is 7. The number of halogens is 4. The van der Waals surface area contributed by atoms with Gasteiger partial charge in [-0.3, -0.25) is 24.6 Å². The van der Waals surface area contributed by atoms with Gasteiger partial charge in [-0.25, -0.2) is 4.98 Å². The maximum absolute atomic E-state index is 14.1. The first-order valence-corrected chi connectivity index (χ1v) is 15.3. The van der Waals surface area contributed by atoms with Gasteiger partial charge in [-0.2, -0.15) is 13.2 Å². The molecule has 2 aliphatic rings. The van der Waals surface area contributed by atoms with Crippen molar-refractivity contribution in [3.8, 4) is 0 Å². The van der Waals surface area contributed by atoms with Crippen LogP contribution in [0, 0.1) is 23.0 Å². The summed E-state index contributed by atoms with van der Waals surface area (Å²) in [7, 11) is 7.14. The molecule has 0 saturated carbocycles. The maximum atomic E-state index is 14.1. The maximum Gasteiger partial charge on any atom is 0.416 e. The van der Waals surface area contributed by atoms with Gasteiger partial charge in [-0.15, -0.1) is 0 Å². The molecule has 0 aliphatic carbocycles. The van der Waals surface area contributed by atoms with Crippen LogP contribution in [0.15, 0.2) is 48.5 Å². The Kier molecular flexibility index (Phi) is 9.38. The predicted molar refractivity (Wildman–Crippen MR) is 174 cm³/mol. The zero-order valence-corrected chi connectivity index (χ0v) is 27.3.